The maximum Gasteiger partial charge on any atom is 0.263 e. The number of carbonyl (C=O) groups is 1. The Kier molecular flexibility index (Phi) is 8.65. The molecule has 1 amide bonds. The van der Waals surface area contributed by atoms with Gasteiger partial charge in [-0.15, -0.1) is 11.3 Å². The van der Waals surface area contributed by atoms with E-state index in [9.17, 15) is 4.79 Å². The van der Waals surface area contributed by atoms with E-state index in [4.69, 9.17) is 9.73 Å². The van der Waals surface area contributed by atoms with Crippen molar-refractivity contribution in [2.75, 3.05) is 39.3 Å². The molecule has 1 aromatic heterocycles. The minimum absolute atomic E-state index is 0.0768. The summed E-state index contributed by atoms with van der Waals surface area (Å²) in [7, 11) is 0. The second-order valence-corrected chi connectivity index (χ2v) is 8.21. The molecule has 0 aliphatic carbocycles. The molecule has 1 saturated heterocycles. The molecule has 1 aliphatic heterocycles. The number of aromatic nitrogens is 1. The van der Waals surface area contributed by atoms with Gasteiger partial charge in [0.2, 0.25) is 0 Å². The molecule has 3 rings (SSSR count). The van der Waals surface area contributed by atoms with Crippen LogP contribution >= 0.6 is 11.3 Å². The molecule has 0 radical (unpaired) electrons. The van der Waals surface area contributed by atoms with Gasteiger partial charge in [0, 0.05) is 32.1 Å². The van der Waals surface area contributed by atoms with Crippen LogP contribution in [0.2, 0.25) is 0 Å². The largest absolute Gasteiger partial charge is 0.376 e. The molecule has 0 spiro atoms. The summed E-state index contributed by atoms with van der Waals surface area (Å²) in [5, 5.41) is 6.29. The van der Waals surface area contributed by atoms with Crippen LogP contribution in [0.5, 0.6) is 0 Å². The summed E-state index contributed by atoms with van der Waals surface area (Å²) in [5.74, 6) is 1.34. The van der Waals surface area contributed by atoms with E-state index in [1.807, 2.05) is 25.1 Å². The van der Waals surface area contributed by atoms with Gasteiger partial charge in [-0.3, -0.25) is 9.79 Å². The minimum atomic E-state index is -0.0768. The lowest BCUT2D eigenvalue weighted by molar-refractivity contribution is 0.0906. The Labute approximate surface area is 182 Å². The summed E-state index contributed by atoms with van der Waals surface area (Å²) in [6.45, 7) is 9.10. The third kappa shape index (κ3) is 6.53. The van der Waals surface area contributed by atoms with Crippen molar-refractivity contribution in [1.82, 2.24) is 20.5 Å². The van der Waals surface area contributed by atoms with E-state index in [1.54, 1.807) is 5.51 Å². The lowest BCUT2D eigenvalue weighted by Gasteiger charge is -2.21. The Hall–Kier alpha value is -2.45. The van der Waals surface area contributed by atoms with E-state index in [1.165, 1.54) is 16.9 Å². The minimum Gasteiger partial charge on any atom is -0.376 e. The Bertz CT molecular complexity index is 824. The number of ether oxygens (including phenoxy) is 1. The van der Waals surface area contributed by atoms with Crippen molar-refractivity contribution in [2.24, 2.45) is 10.9 Å². The number of hydrogen-bond donors (Lipinski definition) is 2. The highest BCUT2D eigenvalue weighted by molar-refractivity contribution is 7.11. The molecular formula is C22H31N5O2S. The Morgan fingerprint density at radius 2 is 2.17 bits per heavy atom. The van der Waals surface area contributed by atoms with Gasteiger partial charge in [0.1, 0.15) is 4.88 Å². The van der Waals surface area contributed by atoms with E-state index in [0.717, 1.165) is 44.3 Å². The summed E-state index contributed by atoms with van der Waals surface area (Å²) in [6.07, 6.45) is 1.10. The molecule has 1 aromatic carbocycles. The molecule has 1 atom stereocenters. The van der Waals surface area contributed by atoms with Gasteiger partial charge in [-0.2, -0.15) is 0 Å². The first kappa shape index (κ1) is 22.2. The zero-order valence-electron chi connectivity index (χ0n) is 17.8. The number of thiazole rings is 1. The van der Waals surface area contributed by atoms with E-state index in [0.29, 0.717) is 30.5 Å². The smallest absolute Gasteiger partial charge is 0.263 e. The van der Waals surface area contributed by atoms with Gasteiger partial charge < -0.3 is 20.3 Å². The van der Waals surface area contributed by atoms with Gasteiger partial charge in [0.15, 0.2) is 5.96 Å². The fraction of sp³-hybridized carbons (Fsp3) is 0.500. The van der Waals surface area contributed by atoms with Crippen LogP contribution in [0.3, 0.4) is 0 Å². The topological polar surface area (TPSA) is 78.8 Å². The molecule has 1 aliphatic rings. The maximum atomic E-state index is 12.2. The molecule has 0 saturated carbocycles. The van der Waals surface area contributed by atoms with E-state index in [2.05, 4.69) is 39.6 Å². The summed E-state index contributed by atoms with van der Waals surface area (Å²) >= 11 is 1.36. The number of amides is 1. The van der Waals surface area contributed by atoms with Crippen LogP contribution in [-0.2, 0) is 11.3 Å². The average Bonchev–Trinajstić information content (AvgIpc) is 3.40. The van der Waals surface area contributed by atoms with Crippen molar-refractivity contribution in [2.45, 2.75) is 26.9 Å². The Morgan fingerprint density at radius 1 is 1.33 bits per heavy atom. The highest BCUT2D eigenvalue weighted by Gasteiger charge is 2.25. The maximum absolute atomic E-state index is 12.2. The summed E-state index contributed by atoms with van der Waals surface area (Å²) in [6, 6.07) is 10.3. The second kappa shape index (κ2) is 11.7. The SMILES string of the molecule is CCNC(=NCCNC(=O)c1scnc1C)N1CCC(COCc2ccccc2)C1. The third-order valence-corrected chi connectivity index (χ3v) is 5.92. The predicted molar refractivity (Wildman–Crippen MR) is 121 cm³/mol. The second-order valence-electron chi connectivity index (χ2n) is 7.36. The number of likely N-dealkylation sites (tertiary alicyclic amines) is 1. The van der Waals surface area contributed by atoms with Crippen molar-refractivity contribution >= 4 is 23.2 Å². The molecule has 0 bridgehead atoms. The van der Waals surface area contributed by atoms with Crippen molar-refractivity contribution in [1.29, 1.82) is 0 Å². The van der Waals surface area contributed by atoms with Crippen LogP contribution in [0.15, 0.2) is 40.8 Å². The molecule has 1 fully saturated rings. The number of aliphatic imine (C=N–C) groups is 1. The highest BCUT2D eigenvalue weighted by atomic mass is 32.1. The lowest BCUT2D eigenvalue weighted by atomic mass is 10.1. The van der Waals surface area contributed by atoms with Crippen LogP contribution in [0, 0.1) is 12.8 Å². The van der Waals surface area contributed by atoms with E-state index >= 15 is 0 Å². The van der Waals surface area contributed by atoms with Gasteiger partial charge in [0.25, 0.3) is 5.91 Å². The monoisotopic (exact) mass is 429 g/mol. The number of nitrogens with one attached hydrogen (secondary N) is 2. The van der Waals surface area contributed by atoms with Crippen molar-refractivity contribution < 1.29 is 9.53 Å². The molecule has 2 aromatic rings. The Morgan fingerprint density at radius 3 is 2.90 bits per heavy atom. The number of guanidine groups is 1. The number of carbonyl (C=O) groups excluding carboxylic acids is 1. The predicted octanol–water partition coefficient (Wildman–Crippen LogP) is 2.69. The summed E-state index contributed by atoms with van der Waals surface area (Å²) in [4.78, 5) is 23.9. The molecule has 162 valence electrons. The molecule has 8 heteroatoms. The van der Waals surface area contributed by atoms with Crippen LogP contribution < -0.4 is 10.6 Å². The normalized spacial score (nSPS) is 16.7. The number of hydrogen-bond acceptors (Lipinski definition) is 5. The molecular weight excluding hydrogens is 398 g/mol. The number of rotatable bonds is 9. The lowest BCUT2D eigenvalue weighted by Crippen LogP contribution is -2.40. The number of nitrogens with zero attached hydrogens (tertiary/aromatic N) is 3. The molecule has 30 heavy (non-hydrogen) atoms. The van der Waals surface area contributed by atoms with Gasteiger partial charge in [0.05, 0.1) is 31.0 Å². The molecule has 2 heterocycles. The average molecular weight is 430 g/mol. The summed E-state index contributed by atoms with van der Waals surface area (Å²) < 4.78 is 5.92. The fourth-order valence-corrected chi connectivity index (χ4v) is 4.15. The van der Waals surface area contributed by atoms with Gasteiger partial charge >= 0.3 is 0 Å². The quantitative estimate of drug-likeness (QED) is 0.364. The van der Waals surface area contributed by atoms with Crippen molar-refractivity contribution in [3.63, 3.8) is 0 Å². The summed E-state index contributed by atoms with van der Waals surface area (Å²) in [5.41, 5.74) is 3.67. The van der Waals surface area contributed by atoms with Gasteiger partial charge in [-0.25, -0.2) is 4.98 Å². The first-order valence-electron chi connectivity index (χ1n) is 10.5. The van der Waals surface area contributed by atoms with E-state index < -0.39 is 0 Å². The number of aryl methyl sites for hydroxylation is 1. The van der Waals surface area contributed by atoms with Crippen molar-refractivity contribution in [3.05, 3.63) is 52.0 Å². The van der Waals surface area contributed by atoms with Crippen LogP contribution in [0.1, 0.15) is 34.3 Å². The van der Waals surface area contributed by atoms with Gasteiger partial charge in [-0.1, -0.05) is 30.3 Å². The fourth-order valence-electron chi connectivity index (χ4n) is 3.44. The third-order valence-electron chi connectivity index (χ3n) is 5.00. The number of benzene rings is 1. The van der Waals surface area contributed by atoms with Crippen LogP contribution in [0.25, 0.3) is 0 Å². The van der Waals surface area contributed by atoms with Crippen LogP contribution in [0.4, 0.5) is 0 Å². The Balaban J connectivity index is 1.41. The first-order chi connectivity index (χ1) is 14.7. The molecule has 1 unspecified atom stereocenters. The highest BCUT2D eigenvalue weighted by Crippen LogP contribution is 2.17. The first-order valence-corrected chi connectivity index (χ1v) is 11.4. The van der Waals surface area contributed by atoms with Crippen molar-refractivity contribution in [3.8, 4) is 0 Å². The van der Waals surface area contributed by atoms with Crippen LogP contribution in [-0.4, -0.2) is 61.1 Å². The molecule has 2 N–H and O–H groups in total. The zero-order chi connectivity index (χ0) is 21.2. The zero-order valence-corrected chi connectivity index (χ0v) is 18.6. The van der Waals surface area contributed by atoms with E-state index in [-0.39, 0.29) is 5.91 Å². The standard InChI is InChI=1S/C22H31N5O2S/c1-3-23-22(25-11-10-24-21(28)20-17(2)26-16-30-20)27-12-9-19(13-27)15-29-14-18-7-5-4-6-8-18/h4-8,16,19H,3,9-15H2,1-2H3,(H,23,25)(H,24,28). The van der Waals surface area contributed by atoms with Gasteiger partial charge in [-0.05, 0) is 25.8 Å². The molecule has 7 nitrogen and oxygen atoms in total.